The van der Waals surface area contributed by atoms with Gasteiger partial charge in [0.2, 0.25) is 5.91 Å². The molecule has 0 rings (SSSR count). The highest BCUT2D eigenvalue weighted by molar-refractivity contribution is 5.91. The second-order valence-electron chi connectivity index (χ2n) is 3.05. The van der Waals surface area contributed by atoms with E-state index < -0.39 is 0 Å². The quantitative estimate of drug-likeness (QED) is 0.618. The second-order valence-corrected chi connectivity index (χ2v) is 3.05. The van der Waals surface area contributed by atoms with Gasteiger partial charge < -0.3 is 5.73 Å². The van der Waals surface area contributed by atoms with Crippen LogP contribution in [0.15, 0.2) is 11.6 Å². The monoisotopic (exact) mass is 155 g/mol. The third-order valence-corrected chi connectivity index (χ3v) is 1.37. The average molecular weight is 155 g/mol. The molecule has 0 radical (unpaired) electrons. The van der Waals surface area contributed by atoms with Crippen LogP contribution in [0.2, 0.25) is 0 Å². The Balaban J connectivity index is 4.20. The maximum absolute atomic E-state index is 10.8. The summed E-state index contributed by atoms with van der Waals surface area (Å²) in [6.07, 6.45) is 3.71. The predicted octanol–water partition coefficient (Wildman–Crippen LogP) is 1.85. The van der Waals surface area contributed by atoms with Gasteiger partial charge in [0.1, 0.15) is 0 Å². The van der Waals surface area contributed by atoms with E-state index >= 15 is 0 Å². The highest BCUT2D eigenvalue weighted by Crippen LogP contribution is 2.07. The van der Waals surface area contributed by atoms with Gasteiger partial charge in [-0.05, 0) is 12.3 Å². The van der Waals surface area contributed by atoms with Crippen LogP contribution in [0.3, 0.4) is 0 Å². The van der Waals surface area contributed by atoms with Crippen molar-refractivity contribution in [2.24, 2.45) is 11.7 Å². The highest BCUT2D eigenvalue weighted by atomic mass is 16.1. The molecule has 2 N–H and O–H groups in total. The number of amides is 1. The first kappa shape index (κ1) is 10.2. The number of hydrogen-bond acceptors (Lipinski definition) is 1. The lowest BCUT2D eigenvalue weighted by atomic mass is 10.1. The van der Waals surface area contributed by atoms with Crippen molar-refractivity contribution in [2.75, 3.05) is 0 Å². The number of hydrogen-bond donors (Lipinski definition) is 1. The van der Waals surface area contributed by atoms with E-state index in [4.69, 9.17) is 5.73 Å². The van der Waals surface area contributed by atoms with Crippen LogP contribution in [-0.4, -0.2) is 5.91 Å². The van der Waals surface area contributed by atoms with E-state index in [0.29, 0.717) is 5.92 Å². The normalized spacial score (nSPS) is 12.2. The van der Waals surface area contributed by atoms with Crippen molar-refractivity contribution in [3.8, 4) is 0 Å². The standard InChI is InChI=1S/C9H17NO/c1-4-5-8(9(10)11)6-7(2)3/h6-7H,4-5H2,1-3H3,(H2,10,11). The molecule has 0 aliphatic carbocycles. The summed E-state index contributed by atoms with van der Waals surface area (Å²) < 4.78 is 0. The molecule has 0 aromatic carbocycles. The molecule has 11 heavy (non-hydrogen) atoms. The Morgan fingerprint density at radius 2 is 2.09 bits per heavy atom. The summed E-state index contributed by atoms with van der Waals surface area (Å²) in [4.78, 5) is 10.8. The van der Waals surface area contributed by atoms with Crippen molar-refractivity contribution in [1.29, 1.82) is 0 Å². The topological polar surface area (TPSA) is 43.1 Å². The highest BCUT2D eigenvalue weighted by Gasteiger charge is 2.03. The lowest BCUT2D eigenvalue weighted by molar-refractivity contribution is -0.114. The summed E-state index contributed by atoms with van der Waals surface area (Å²) >= 11 is 0. The van der Waals surface area contributed by atoms with Crippen LogP contribution in [-0.2, 0) is 4.79 Å². The third-order valence-electron chi connectivity index (χ3n) is 1.37. The Morgan fingerprint density at radius 3 is 2.36 bits per heavy atom. The van der Waals surface area contributed by atoms with Crippen LogP contribution in [0, 0.1) is 5.92 Å². The largest absolute Gasteiger partial charge is 0.366 e. The molecule has 2 heteroatoms. The molecular formula is C9H17NO. The van der Waals surface area contributed by atoms with Gasteiger partial charge in [0.15, 0.2) is 0 Å². The number of rotatable bonds is 4. The van der Waals surface area contributed by atoms with E-state index in [1.807, 2.05) is 26.8 Å². The fourth-order valence-corrected chi connectivity index (χ4v) is 0.960. The molecule has 0 atom stereocenters. The summed E-state index contributed by atoms with van der Waals surface area (Å²) in [6, 6.07) is 0. The van der Waals surface area contributed by atoms with E-state index in [1.54, 1.807) is 0 Å². The Hall–Kier alpha value is -0.790. The molecule has 0 aliphatic rings. The molecule has 0 aromatic heterocycles. The molecular weight excluding hydrogens is 138 g/mol. The molecule has 0 saturated carbocycles. The Bertz CT molecular complexity index is 159. The van der Waals surface area contributed by atoms with Crippen LogP contribution in [0.1, 0.15) is 33.6 Å². The minimum atomic E-state index is -0.277. The van der Waals surface area contributed by atoms with Gasteiger partial charge in [-0.25, -0.2) is 0 Å². The molecule has 0 bridgehead atoms. The van der Waals surface area contributed by atoms with E-state index in [2.05, 4.69) is 0 Å². The molecule has 0 unspecified atom stereocenters. The Kier molecular flexibility index (Phi) is 4.59. The van der Waals surface area contributed by atoms with Gasteiger partial charge in [-0.3, -0.25) is 4.79 Å². The molecule has 0 saturated heterocycles. The maximum atomic E-state index is 10.8. The van der Waals surface area contributed by atoms with Gasteiger partial charge in [-0.2, -0.15) is 0 Å². The van der Waals surface area contributed by atoms with Gasteiger partial charge in [0.25, 0.3) is 0 Å². The molecule has 0 fully saturated rings. The van der Waals surface area contributed by atoms with Crippen molar-refractivity contribution in [1.82, 2.24) is 0 Å². The molecule has 64 valence electrons. The molecule has 1 amide bonds. The van der Waals surface area contributed by atoms with Crippen LogP contribution < -0.4 is 5.73 Å². The van der Waals surface area contributed by atoms with Gasteiger partial charge in [0, 0.05) is 5.57 Å². The zero-order valence-electron chi connectivity index (χ0n) is 7.55. The van der Waals surface area contributed by atoms with Gasteiger partial charge in [-0.15, -0.1) is 0 Å². The van der Waals surface area contributed by atoms with Crippen molar-refractivity contribution >= 4 is 5.91 Å². The van der Waals surface area contributed by atoms with Crippen LogP contribution >= 0.6 is 0 Å². The second kappa shape index (κ2) is 4.94. The first-order valence-corrected chi connectivity index (χ1v) is 4.08. The van der Waals surface area contributed by atoms with Crippen molar-refractivity contribution in [3.05, 3.63) is 11.6 Å². The Labute approximate surface area is 68.5 Å². The van der Waals surface area contributed by atoms with Crippen LogP contribution in [0.4, 0.5) is 0 Å². The van der Waals surface area contributed by atoms with Crippen molar-refractivity contribution < 1.29 is 4.79 Å². The van der Waals surface area contributed by atoms with E-state index in [9.17, 15) is 4.79 Å². The third kappa shape index (κ3) is 4.59. The molecule has 0 aliphatic heterocycles. The summed E-state index contributed by atoms with van der Waals surface area (Å²) in [7, 11) is 0. The molecule has 0 heterocycles. The van der Waals surface area contributed by atoms with Gasteiger partial charge in [-0.1, -0.05) is 33.3 Å². The van der Waals surface area contributed by atoms with Crippen molar-refractivity contribution in [3.63, 3.8) is 0 Å². The number of nitrogens with two attached hydrogens (primary N) is 1. The van der Waals surface area contributed by atoms with E-state index in [0.717, 1.165) is 18.4 Å². The number of carbonyl (C=O) groups excluding carboxylic acids is 1. The smallest absolute Gasteiger partial charge is 0.244 e. The first-order valence-electron chi connectivity index (χ1n) is 4.08. The fourth-order valence-electron chi connectivity index (χ4n) is 0.960. The minimum absolute atomic E-state index is 0.277. The molecule has 0 aromatic rings. The fraction of sp³-hybridized carbons (Fsp3) is 0.667. The minimum Gasteiger partial charge on any atom is -0.366 e. The molecule has 2 nitrogen and oxygen atoms in total. The first-order chi connectivity index (χ1) is 5.07. The average Bonchev–Trinajstić information content (AvgIpc) is 1.86. The zero-order valence-corrected chi connectivity index (χ0v) is 7.55. The summed E-state index contributed by atoms with van der Waals surface area (Å²) in [5, 5.41) is 0. The lowest BCUT2D eigenvalue weighted by Crippen LogP contribution is -2.14. The summed E-state index contributed by atoms with van der Waals surface area (Å²) in [6.45, 7) is 6.12. The lowest BCUT2D eigenvalue weighted by Gasteiger charge is -2.02. The predicted molar refractivity (Wildman–Crippen MR) is 47.0 cm³/mol. The van der Waals surface area contributed by atoms with Crippen molar-refractivity contribution in [2.45, 2.75) is 33.6 Å². The summed E-state index contributed by atoms with van der Waals surface area (Å²) in [5.41, 5.74) is 5.93. The number of allylic oxidation sites excluding steroid dienone is 1. The maximum Gasteiger partial charge on any atom is 0.244 e. The van der Waals surface area contributed by atoms with Gasteiger partial charge >= 0.3 is 0 Å². The van der Waals surface area contributed by atoms with E-state index in [1.165, 1.54) is 0 Å². The zero-order chi connectivity index (χ0) is 8.85. The van der Waals surface area contributed by atoms with Gasteiger partial charge in [0.05, 0.1) is 0 Å². The SMILES string of the molecule is CCCC(=CC(C)C)C(N)=O. The number of primary amides is 1. The van der Waals surface area contributed by atoms with E-state index in [-0.39, 0.29) is 5.91 Å². The summed E-state index contributed by atoms with van der Waals surface area (Å²) in [5.74, 6) is 0.129. The molecule has 0 spiro atoms. The number of carbonyl (C=O) groups is 1. The Morgan fingerprint density at radius 1 is 1.55 bits per heavy atom. The van der Waals surface area contributed by atoms with Crippen LogP contribution in [0.25, 0.3) is 0 Å². The van der Waals surface area contributed by atoms with Crippen LogP contribution in [0.5, 0.6) is 0 Å².